The molecule has 0 saturated carbocycles. The average molecular weight is 321 g/mol. The maximum atomic E-state index is 3.60. The largest absolute Gasteiger partial charge is 0.316 e. The topological polar surface area (TPSA) is 15.3 Å². The first kappa shape index (κ1) is 12.4. The molecule has 102 valence electrons. The lowest BCUT2D eigenvalue weighted by Gasteiger charge is -2.31. The van der Waals surface area contributed by atoms with Crippen LogP contribution < -0.4 is 5.32 Å². The standard InChI is InChI=1S/C16H21BrN2/c1-10-15-8-18-7-12(15)9-19(10)16-5-2-11-6-13(17)3-4-14(11)16/h3-4,6,10,12,15-16,18H,2,5,7-9H2,1H3. The Morgan fingerprint density at radius 2 is 2.21 bits per heavy atom. The van der Waals surface area contributed by atoms with Crippen molar-refractivity contribution in [2.45, 2.75) is 31.8 Å². The molecule has 4 unspecified atom stereocenters. The van der Waals surface area contributed by atoms with Gasteiger partial charge in [0, 0.05) is 23.1 Å². The van der Waals surface area contributed by atoms with Crippen LogP contribution >= 0.6 is 15.9 Å². The van der Waals surface area contributed by atoms with E-state index in [0.29, 0.717) is 6.04 Å². The van der Waals surface area contributed by atoms with Crippen LogP contribution in [-0.2, 0) is 6.42 Å². The molecule has 0 bridgehead atoms. The zero-order valence-electron chi connectivity index (χ0n) is 11.4. The Morgan fingerprint density at radius 1 is 1.32 bits per heavy atom. The van der Waals surface area contributed by atoms with Gasteiger partial charge in [-0.1, -0.05) is 22.0 Å². The Kier molecular flexibility index (Phi) is 2.98. The van der Waals surface area contributed by atoms with Crippen LogP contribution in [0, 0.1) is 11.8 Å². The monoisotopic (exact) mass is 320 g/mol. The molecule has 0 radical (unpaired) electrons. The first-order chi connectivity index (χ1) is 9.24. The minimum absolute atomic E-state index is 0.670. The molecule has 4 atom stereocenters. The van der Waals surface area contributed by atoms with Gasteiger partial charge in [-0.2, -0.15) is 0 Å². The summed E-state index contributed by atoms with van der Waals surface area (Å²) in [5, 5.41) is 3.56. The number of hydrogen-bond donors (Lipinski definition) is 1. The van der Waals surface area contributed by atoms with Gasteiger partial charge < -0.3 is 5.32 Å². The number of likely N-dealkylation sites (tertiary alicyclic amines) is 1. The van der Waals surface area contributed by atoms with E-state index in [-0.39, 0.29) is 0 Å². The van der Waals surface area contributed by atoms with Crippen LogP contribution in [-0.4, -0.2) is 30.6 Å². The molecule has 3 heteroatoms. The number of hydrogen-bond acceptors (Lipinski definition) is 2. The van der Waals surface area contributed by atoms with Gasteiger partial charge in [-0.25, -0.2) is 0 Å². The lowest BCUT2D eigenvalue weighted by Crippen LogP contribution is -2.35. The molecule has 1 aliphatic carbocycles. The zero-order chi connectivity index (χ0) is 13.0. The third-order valence-electron chi connectivity index (χ3n) is 5.53. The van der Waals surface area contributed by atoms with Crippen molar-refractivity contribution < 1.29 is 0 Å². The van der Waals surface area contributed by atoms with Crippen molar-refractivity contribution in [3.8, 4) is 0 Å². The average Bonchev–Trinajstić information content (AvgIpc) is 3.05. The molecule has 2 aliphatic heterocycles. The fourth-order valence-electron chi connectivity index (χ4n) is 4.52. The number of nitrogens with one attached hydrogen (secondary N) is 1. The Balaban J connectivity index is 1.62. The number of aryl methyl sites for hydroxylation is 1. The van der Waals surface area contributed by atoms with E-state index in [4.69, 9.17) is 0 Å². The van der Waals surface area contributed by atoms with Crippen LogP contribution in [0.2, 0.25) is 0 Å². The summed E-state index contributed by atoms with van der Waals surface area (Å²) < 4.78 is 1.22. The van der Waals surface area contributed by atoms with Crippen LogP contribution in [0.25, 0.3) is 0 Å². The fraction of sp³-hybridized carbons (Fsp3) is 0.625. The smallest absolute Gasteiger partial charge is 0.0357 e. The molecular formula is C16H21BrN2. The van der Waals surface area contributed by atoms with Gasteiger partial charge in [-0.3, -0.25) is 4.90 Å². The third-order valence-corrected chi connectivity index (χ3v) is 6.02. The second kappa shape index (κ2) is 4.57. The molecule has 3 aliphatic rings. The maximum absolute atomic E-state index is 3.60. The molecule has 0 amide bonds. The Bertz CT molecular complexity index is 502. The Labute approximate surface area is 123 Å². The molecule has 4 rings (SSSR count). The molecule has 2 fully saturated rings. The summed E-state index contributed by atoms with van der Waals surface area (Å²) in [4.78, 5) is 2.79. The minimum atomic E-state index is 0.670. The summed E-state index contributed by atoms with van der Waals surface area (Å²) in [5.74, 6) is 1.76. The number of rotatable bonds is 1. The SMILES string of the molecule is CC1C2CNCC2CN1C1CCc2cc(Br)ccc21. The van der Waals surface area contributed by atoms with Gasteiger partial charge >= 0.3 is 0 Å². The molecule has 1 aromatic rings. The van der Waals surface area contributed by atoms with Crippen molar-refractivity contribution in [2.75, 3.05) is 19.6 Å². The van der Waals surface area contributed by atoms with Crippen LogP contribution in [0.3, 0.4) is 0 Å². The van der Waals surface area contributed by atoms with Gasteiger partial charge in [0.25, 0.3) is 0 Å². The van der Waals surface area contributed by atoms with E-state index in [9.17, 15) is 0 Å². The van der Waals surface area contributed by atoms with Crippen molar-refractivity contribution in [1.82, 2.24) is 10.2 Å². The Hall–Kier alpha value is -0.380. The van der Waals surface area contributed by atoms with Gasteiger partial charge in [0.15, 0.2) is 0 Å². The van der Waals surface area contributed by atoms with E-state index in [2.05, 4.69) is 51.3 Å². The highest BCUT2D eigenvalue weighted by atomic mass is 79.9. The van der Waals surface area contributed by atoms with E-state index >= 15 is 0 Å². The van der Waals surface area contributed by atoms with Gasteiger partial charge in [0.05, 0.1) is 0 Å². The van der Waals surface area contributed by atoms with Gasteiger partial charge in [0.1, 0.15) is 0 Å². The third kappa shape index (κ3) is 1.90. The number of fused-ring (bicyclic) bond motifs is 2. The lowest BCUT2D eigenvalue weighted by atomic mass is 9.95. The first-order valence-electron chi connectivity index (χ1n) is 7.49. The molecule has 0 aromatic heterocycles. The summed E-state index contributed by atoms with van der Waals surface area (Å²) >= 11 is 3.60. The highest BCUT2D eigenvalue weighted by molar-refractivity contribution is 9.10. The predicted molar refractivity (Wildman–Crippen MR) is 81.2 cm³/mol. The molecule has 2 nitrogen and oxygen atoms in total. The molecule has 1 N–H and O–H groups in total. The quantitative estimate of drug-likeness (QED) is 0.855. The van der Waals surface area contributed by atoms with E-state index in [0.717, 1.165) is 17.9 Å². The molecular weight excluding hydrogens is 300 g/mol. The van der Waals surface area contributed by atoms with E-state index in [1.807, 2.05) is 0 Å². The number of halogens is 1. The van der Waals surface area contributed by atoms with Crippen molar-refractivity contribution in [3.63, 3.8) is 0 Å². The van der Waals surface area contributed by atoms with Crippen molar-refractivity contribution >= 4 is 15.9 Å². The number of nitrogens with zero attached hydrogens (tertiary/aromatic N) is 1. The highest BCUT2D eigenvalue weighted by Crippen LogP contribution is 2.43. The summed E-state index contributed by atoms with van der Waals surface area (Å²) in [7, 11) is 0. The van der Waals surface area contributed by atoms with Crippen LogP contribution in [0.15, 0.2) is 22.7 Å². The van der Waals surface area contributed by atoms with E-state index < -0.39 is 0 Å². The van der Waals surface area contributed by atoms with Gasteiger partial charge in [0.2, 0.25) is 0 Å². The van der Waals surface area contributed by atoms with Crippen LogP contribution in [0.5, 0.6) is 0 Å². The predicted octanol–water partition coefficient (Wildman–Crippen LogP) is 2.98. The van der Waals surface area contributed by atoms with E-state index in [1.165, 1.54) is 36.9 Å². The Morgan fingerprint density at radius 3 is 3.05 bits per heavy atom. The number of benzene rings is 1. The minimum Gasteiger partial charge on any atom is -0.316 e. The summed E-state index contributed by atoms with van der Waals surface area (Å²) in [6, 6.07) is 8.28. The second-order valence-electron chi connectivity index (χ2n) is 6.42. The van der Waals surface area contributed by atoms with Crippen molar-refractivity contribution in [2.24, 2.45) is 11.8 Å². The summed E-state index contributed by atoms with van der Waals surface area (Å²) in [5.41, 5.74) is 3.14. The molecule has 19 heavy (non-hydrogen) atoms. The normalized spacial score (nSPS) is 37.6. The summed E-state index contributed by atoms with van der Waals surface area (Å²) in [6.45, 7) is 6.18. The molecule has 1 aromatic carbocycles. The van der Waals surface area contributed by atoms with Crippen molar-refractivity contribution in [1.29, 1.82) is 0 Å². The molecule has 2 heterocycles. The van der Waals surface area contributed by atoms with Crippen molar-refractivity contribution in [3.05, 3.63) is 33.8 Å². The maximum Gasteiger partial charge on any atom is 0.0357 e. The van der Waals surface area contributed by atoms with Gasteiger partial charge in [-0.15, -0.1) is 0 Å². The summed E-state index contributed by atoms with van der Waals surface area (Å²) in [6.07, 6.45) is 2.55. The van der Waals surface area contributed by atoms with Crippen LogP contribution in [0.4, 0.5) is 0 Å². The highest BCUT2D eigenvalue weighted by Gasteiger charge is 2.45. The first-order valence-corrected chi connectivity index (χ1v) is 8.28. The van der Waals surface area contributed by atoms with E-state index in [1.54, 1.807) is 11.1 Å². The van der Waals surface area contributed by atoms with Gasteiger partial charge in [-0.05, 0) is 68.0 Å². The fourth-order valence-corrected chi connectivity index (χ4v) is 4.93. The lowest BCUT2D eigenvalue weighted by molar-refractivity contribution is 0.170. The second-order valence-corrected chi connectivity index (χ2v) is 7.33. The van der Waals surface area contributed by atoms with Crippen LogP contribution in [0.1, 0.15) is 30.5 Å². The molecule has 2 saturated heterocycles. The molecule has 0 spiro atoms. The zero-order valence-corrected chi connectivity index (χ0v) is 13.0.